The van der Waals surface area contributed by atoms with E-state index in [1.165, 1.54) is 0 Å². The molecule has 0 fully saturated rings. The highest BCUT2D eigenvalue weighted by molar-refractivity contribution is 5.72. The molecular weight excluding hydrogens is 240 g/mol. The second-order valence-corrected chi connectivity index (χ2v) is 4.89. The van der Waals surface area contributed by atoms with Crippen molar-refractivity contribution in [2.75, 3.05) is 6.54 Å². The third-order valence-electron chi connectivity index (χ3n) is 3.30. The van der Waals surface area contributed by atoms with Crippen LogP contribution in [0.25, 0.3) is 11.1 Å². The Hall–Kier alpha value is -1.55. The molecular formula is C15H22N2O2. The number of rotatable bonds is 7. The number of fused-ring (bicyclic) bond motifs is 1. The van der Waals surface area contributed by atoms with Gasteiger partial charge in [-0.3, -0.25) is 4.57 Å². The second-order valence-electron chi connectivity index (χ2n) is 4.89. The number of aromatic nitrogens is 1. The van der Waals surface area contributed by atoms with Gasteiger partial charge >= 0.3 is 5.76 Å². The Labute approximate surface area is 113 Å². The van der Waals surface area contributed by atoms with E-state index in [4.69, 9.17) is 4.42 Å². The number of hydrogen-bond acceptors (Lipinski definition) is 3. The van der Waals surface area contributed by atoms with Crippen LogP contribution in [0.2, 0.25) is 0 Å². The van der Waals surface area contributed by atoms with E-state index in [-0.39, 0.29) is 5.76 Å². The third-order valence-corrected chi connectivity index (χ3v) is 3.30. The predicted octanol–water partition coefficient (Wildman–Crippen LogP) is 2.76. The zero-order valence-corrected chi connectivity index (χ0v) is 11.7. The lowest BCUT2D eigenvalue weighted by molar-refractivity contribution is 0.401. The number of nitrogens with zero attached hydrogens (tertiary/aromatic N) is 1. The Morgan fingerprint density at radius 3 is 2.79 bits per heavy atom. The molecule has 0 bridgehead atoms. The first kappa shape index (κ1) is 13.9. The lowest BCUT2D eigenvalue weighted by atomic mass is 10.1. The number of nitrogens with one attached hydrogen (secondary N) is 1. The summed E-state index contributed by atoms with van der Waals surface area (Å²) in [5.41, 5.74) is 1.55. The molecule has 1 aromatic carbocycles. The molecule has 0 amide bonds. The van der Waals surface area contributed by atoms with Crippen LogP contribution in [0.3, 0.4) is 0 Å². The maximum atomic E-state index is 11.9. The van der Waals surface area contributed by atoms with Gasteiger partial charge in [0.25, 0.3) is 0 Å². The summed E-state index contributed by atoms with van der Waals surface area (Å²) < 4.78 is 7.00. The van der Waals surface area contributed by atoms with Crippen molar-refractivity contribution in [3.8, 4) is 0 Å². The van der Waals surface area contributed by atoms with E-state index in [1.54, 1.807) is 4.57 Å². The van der Waals surface area contributed by atoms with Crippen LogP contribution in [0.5, 0.6) is 0 Å². The van der Waals surface area contributed by atoms with Crippen molar-refractivity contribution < 1.29 is 4.42 Å². The van der Waals surface area contributed by atoms with Crippen LogP contribution in [0, 0.1) is 0 Å². The Morgan fingerprint density at radius 2 is 2.05 bits per heavy atom. The Bertz CT molecular complexity index is 571. The number of hydrogen-bond donors (Lipinski definition) is 1. The average molecular weight is 262 g/mol. The van der Waals surface area contributed by atoms with Gasteiger partial charge in [0.1, 0.15) is 0 Å². The Morgan fingerprint density at radius 1 is 1.26 bits per heavy atom. The topological polar surface area (TPSA) is 47.2 Å². The highest BCUT2D eigenvalue weighted by Gasteiger charge is 2.13. The summed E-state index contributed by atoms with van der Waals surface area (Å²) in [7, 11) is 0. The summed E-state index contributed by atoms with van der Waals surface area (Å²) in [6.07, 6.45) is 3.26. The minimum atomic E-state index is -0.263. The summed E-state index contributed by atoms with van der Waals surface area (Å²) in [6, 6.07) is 7.91. The standard InChI is InChI=1S/C15H22N2O2/c1-3-7-12(16-10-4-2)11-17-13-8-5-6-9-14(13)19-15(17)18/h5-6,8-9,12,16H,3-4,7,10-11H2,1-2H3. The van der Waals surface area contributed by atoms with Crippen LogP contribution in [-0.2, 0) is 6.54 Å². The molecule has 1 aromatic heterocycles. The van der Waals surface area contributed by atoms with Crippen molar-refractivity contribution in [1.82, 2.24) is 9.88 Å². The van der Waals surface area contributed by atoms with Gasteiger partial charge in [-0.25, -0.2) is 4.79 Å². The van der Waals surface area contributed by atoms with E-state index >= 15 is 0 Å². The third kappa shape index (κ3) is 3.26. The smallest absolute Gasteiger partial charge is 0.408 e. The van der Waals surface area contributed by atoms with E-state index in [2.05, 4.69) is 19.2 Å². The Kier molecular flexibility index (Phi) is 4.80. The van der Waals surface area contributed by atoms with Crippen molar-refractivity contribution in [2.24, 2.45) is 0 Å². The molecule has 1 heterocycles. The zero-order chi connectivity index (χ0) is 13.7. The monoisotopic (exact) mass is 262 g/mol. The van der Waals surface area contributed by atoms with Crippen molar-refractivity contribution in [1.29, 1.82) is 0 Å². The van der Waals surface area contributed by atoms with E-state index in [1.807, 2.05) is 24.3 Å². The summed E-state index contributed by atoms with van der Waals surface area (Å²) >= 11 is 0. The SMILES string of the molecule is CCCNC(CCC)Cn1c(=O)oc2ccccc21. The first-order chi connectivity index (χ1) is 9.26. The molecule has 0 aliphatic carbocycles. The lowest BCUT2D eigenvalue weighted by Gasteiger charge is -2.17. The van der Waals surface area contributed by atoms with E-state index in [0.717, 1.165) is 31.3 Å². The fourth-order valence-electron chi connectivity index (χ4n) is 2.36. The van der Waals surface area contributed by atoms with Gasteiger partial charge in [0.15, 0.2) is 5.58 Å². The van der Waals surface area contributed by atoms with Crippen LogP contribution in [0.4, 0.5) is 0 Å². The lowest BCUT2D eigenvalue weighted by Crippen LogP contribution is -2.36. The minimum Gasteiger partial charge on any atom is -0.408 e. The molecule has 4 heteroatoms. The molecule has 0 saturated heterocycles. The maximum absolute atomic E-state index is 11.9. The largest absolute Gasteiger partial charge is 0.420 e. The number of oxazole rings is 1. The molecule has 4 nitrogen and oxygen atoms in total. The quantitative estimate of drug-likeness (QED) is 0.834. The van der Waals surface area contributed by atoms with Gasteiger partial charge in [-0.05, 0) is 31.5 Å². The molecule has 0 saturated carbocycles. The van der Waals surface area contributed by atoms with Crippen LogP contribution >= 0.6 is 0 Å². The fraction of sp³-hybridized carbons (Fsp3) is 0.533. The second kappa shape index (κ2) is 6.57. The molecule has 0 spiro atoms. The molecule has 1 N–H and O–H groups in total. The average Bonchev–Trinajstić information content (AvgIpc) is 2.73. The molecule has 104 valence electrons. The molecule has 0 aliphatic rings. The highest BCUT2D eigenvalue weighted by Crippen LogP contribution is 2.13. The van der Waals surface area contributed by atoms with Gasteiger partial charge in [-0.2, -0.15) is 0 Å². The summed E-state index contributed by atoms with van der Waals surface area (Å²) in [5.74, 6) is -0.263. The zero-order valence-electron chi connectivity index (χ0n) is 11.7. The molecule has 2 rings (SSSR count). The van der Waals surface area contributed by atoms with Crippen LogP contribution in [0.1, 0.15) is 33.1 Å². The molecule has 0 aliphatic heterocycles. The van der Waals surface area contributed by atoms with Crippen molar-refractivity contribution in [3.63, 3.8) is 0 Å². The summed E-state index contributed by atoms with van der Waals surface area (Å²) in [5, 5.41) is 3.50. The number of para-hydroxylation sites is 2. The van der Waals surface area contributed by atoms with Crippen LogP contribution in [-0.4, -0.2) is 17.2 Å². The van der Waals surface area contributed by atoms with Gasteiger partial charge < -0.3 is 9.73 Å². The molecule has 0 radical (unpaired) electrons. The predicted molar refractivity (Wildman–Crippen MR) is 77.5 cm³/mol. The molecule has 1 unspecified atom stereocenters. The molecule has 2 aromatic rings. The van der Waals surface area contributed by atoms with Crippen molar-refractivity contribution in [3.05, 3.63) is 34.8 Å². The molecule has 1 atom stereocenters. The first-order valence-electron chi connectivity index (χ1n) is 7.08. The maximum Gasteiger partial charge on any atom is 0.420 e. The fourth-order valence-corrected chi connectivity index (χ4v) is 2.36. The minimum absolute atomic E-state index is 0.263. The van der Waals surface area contributed by atoms with Crippen LogP contribution in [0.15, 0.2) is 33.5 Å². The highest BCUT2D eigenvalue weighted by atomic mass is 16.4. The summed E-state index contributed by atoms with van der Waals surface area (Å²) in [4.78, 5) is 11.9. The van der Waals surface area contributed by atoms with Crippen molar-refractivity contribution >= 4 is 11.1 Å². The van der Waals surface area contributed by atoms with Gasteiger partial charge in [-0.15, -0.1) is 0 Å². The summed E-state index contributed by atoms with van der Waals surface area (Å²) in [6.45, 7) is 5.96. The molecule has 19 heavy (non-hydrogen) atoms. The van der Waals surface area contributed by atoms with Crippen molar-refractivity contribution in [2.45, 2.75) is 45.7 Å². The van der Waals surface area contributed by atoms with Gasteiger partial charge in [0.2, 0.25) is 0 Å². The normalized spacial score (nSPS) is 12.9. The number of benzene rings is 1. The van der Waals surface area contributed by atoms with E-state index in [9.17, 15) is 4.79 Å². The van der Waals surface area contributed by atoms with E-state index in [0.29, 0.717) is 18.2 Å². The van der Waals surface area contributed by atoms with Gasteiger partial charge in [-0.1, -0.05) is 32.4 Å². The van der Waals surface area contributed by atoms with Crippen LogP contribution < -0.4 is 11.1 Å². The van der Waals surface area contributed by atoms with Gasteiger partial charge in [0, 0.05) is 12.6 Å². The Balaban J connectivity index is 2.22. The first-order valence-corrected chi connectivity index (χ1v) is 7.08. The van der Waals surface area contributed by atoms with E-state index < -0.39 is 0 Å². The van der Waals surface area contributed by atoms with Gasteiger partial charge in [0.05, 0.1) is 5.52 Å².